The Morgan fingerprint density at radius 3 is 2.91 bits per heavy atom. The lowest BCUT2D eigenvalue weighted by Crippen LogP contribution is -2.46. The van der Waals surface area contributed by atoms with Gasteiger partial charge in [0.25, 0.3) is 5.91 Å². The molecule has 3 rings (SSSR count). The van der Waals surface area contributed by atoms with Crippen LogP contribution in [0.25, 0.3) is 10.9 Å². The number of aromatic amines is 1. The molecule has 1 aromatic heterocycles. The van der Waals surface area contributed by atoms with Crippen molar-refractivity contribution in [1.29, 1.82) is 0 Å². The zero-order chi connectivity index (χ0) is 15.7. The first-order valence-electron chi connectivity index (χ1n) is 7.52. The normalized spacial score (nSPS) is 21.3. The molecule has 6 heteroatoms. The molecule has 4 N–H and O–H groups in total. The summed E-state index contributed by atoms with van der Waals surface area (Å²) in [6, 6.07) is 8.86. The van der Waals surface area contributed by atoms with E-state index >= 15 is 0 Å². The molecular formula is C16H20N4O2. The van der Waals surface area contributed by atoms with Gasteiger partial charge in [-0.15, -0.1) is 0 Å². The molecule has 2 amide bonds. The van der Waals surface area contributed by atoms with Gasteiger partial charge in [0.1, 0.15) is 11.7 Å². The minimum atomic E-state index is -0.492. The molecule has 6 nitrogen and oxygen atoms in total. The van der Waals surface area contributed by atoms with E-state index in [1.54, 1.807) is 4.90 Å². The number of likely N-dealkylation sites (tertiary alicyclic amines) is 1. The van der Waals surface area contributed by atoms with Crippen molar-refractivity contribution in [2.75, 3.05) is 13.1 Å². The van der Waals surface area contributed by atoms with Crippen molar-refractivity contribution in [2.24, 2.45) is 5.73 Å². The largest absolute Gasteiger partial charge is 0.355 e. The van der Waals surface area contributed by atoms with Crippen molar-refractivity contribution < 1.29 is 9.59 Å². The van der Waals surface area contributed by atoms with Gasteiger partial charge in [-0.1, -0.05) is 18.2 Å². The molecule has 0 unspecified atom stereocenters. The van der Waals surface area contributed by atoms with Crippen LogP contribution in [0.3, 0.4) is 0 Å². The molecule has 1 aromatic carbocycles. The summed E-state index contributed by atoms with van der Waals surface area (Å²) in [7, 11) is 0. The number of H-pyrrole nitrogens is 1. The van der Waals surface area contributed by atoms with E-state index in [9.17, 15) is 9.59 Å². The highest BCUT2D eigenvalue weighted by atomic mass is 16.2. The van der Waals surface area contributed by atoms with E-state index in [4.69, 9.17) is 5.73 Å². The van der Waals surface area contributed by atoms with Crippen LogP contribution in [0.4, 0.5) is 0 Å². The van der Waals surface area contributed by atoms with E-state index in [2.05, 4.69) is 10.3 Å². The van der Waals surface area contributed by atoms with E-state index in [1.165, 1.54) is 0 Å². The van der Waals surface area contributed by atoms with E-state index in [0.29, 0.717) is 25.2 Å². The maximum atomic E-state index is 12.7. The number of aromatic nitrogens is 1. The topological polar surface area (TPSA) is 91.2 Å². The number of likely N-dealkylation sites (N-methyl/N-ethyl adjacent to an activating group) is 1. The number of amides is 2. The van der Waals surface area contributed by atoms with Crippen LogP contribution in [0.5, 0.6) is 0 Å². The molecule has 1 aliphatic heterocycles. The quantitative estimate of drug-likeness (QED) is 0.784. The molecule has 1 fully saturated rings. The SMILES string of the molecule is CCNC(=O)[C@@H]1C[C@@H](N)CN1C(=O)c1cc2ccccc2[nH]1. The fraction of sp³-hybridized carbons (Fsp3) is 0.375. The average Bonchev–Trinajstić information content (AvgIpc) is 3.10. The van der Waals surface area contributed by atoms with Crippen LogP contribution in [-0.4, -0.2) is 46.9 Å². The first-order chi connectivity index (χ1) is 10.6. The molecule has 0 saturated carbocycles. The predicted octanol–water partition coefficient (Wildman–Crippen LogP) is 0.846. The zero-order valence-electron chi connectivity index (χ0n) is 12.5. The van der Waals surface area contributed by atoms with Crippen molar-refractivity contribution in [3.05, 3.63) is 36.0 Å². The third-order valence-electron chi connectivity index (χ3n) is 4.01. The van der Waals surface area contributed by atoms with Crippen molar-refractivity contribution in [3.63, 3.8) is 0 Å². The summed E-state index contributed by atoms with van der Waals surface area (Å²) in [4.78, 5) is 29.6. The fourth-order valence-electron chi connectivity index (χ4n) is 2.98. The summed E-state index contributed by atoms with van der Waals surface area (Å²) in [5, 5.41) is 3.75. The number of hydrogen-bond acceptors (Lipinski definition) is 3. The number of nitrogens with zero attached hydrogens (tertiary/aromatic N) is 1. The number of carbonyl (C=O) groups excluding carboxylic acids is 2. The molecule has 1 saturated heterocycles. The lowest BCUT2D eigenvalue weighted by atomic mass is 10.1. The minimum Gasteiger partial charge on any atom is -0.355 e. The average molecular weight is 300 g/mol. The Hall–Kier alpha value is -2.34. The number of para-hydroxylation sites is 1. The van der Waals surface area contributed by atoms with Gasteiger partial charge >= 0.3 is 0 Å². The molecule has 2 aromatic rings. The Labute approximate surface area is 128 Å². The smallest absolute Gasteiger partial charge is 0.271 e. The zero-order valence-corrected chi connectivity index (χ0v) is 12.5. The van der Waals surface area contributed by atoms with Gasteiger partial charge in [0.15, 0.2) is 0 Å². The third kappa shape index (κ3) is 2.57. The molecule has 22 heavy (non-hydrogen) atoms. The van der Waals surface area contributed by atoms with E-state index in [1.807, 2.05) is 37.3 Å². The molecule has 0 aliphatic carbocycles. The van der Waals surface area contributed by atoms with Crippen LogP contribution >= 0.6 is 0 Å². The molecule has 0 radical (unpaired) electrons. The second-order valence-corrected chi connectivity index (χ2v) is 5.63. The fourth-order valence-corrected chi connectivity index (χ4v) is 2.98. The van der Waals surface area contributed by atoms with Crippen LogP contribution in [0.1, 0.15) is 23.8 Å². The summed E-state index contributed by atoms with van der Waals surface area (Å²) in [5.41, 5.74) is 7.35. The summed E-state index contributed by atoms with van der Waals surface area (Å²) in [6.07, 6.45) is 0.498. The van der Waals surface area contributed by atoms with Gasteiger partial charge in [-0.25, -0.2) is 0 Å². The van der Waals surface area contributed by atoms with Gasteiger partial charge in [-0.3, -0.25) is 9.59 Å². The van der Waals surface area contributed by atoms with Gasteiger partial charge in [0, 0.05) is 30.0 Å². The van der Waals surface area contributed by atoms with Crippen molar-refractivity contribution >= 4 is 22.7 Å². The molecule has 0 bridgehead atoms. The Kier molecular flexibility index (Phi) is 3.85. The number of carbonyl (C=O) groups is 2. The maximum Gasteiger partial charge on any atom is 0.271 e. The van der Waals surface area contributed by atoms with Crippen LogP contribution in [0, 0.1) is 0 Å². The van der Waals surface area contributed by atoms with Crippen LogP contribution in [-0.2, 0) is 4.79 Å². The highest BCUT2D eigenvalue weighted by Gasteiger charge is 2.38. The Balaban J connectivity index is 1.87. The molecule has 2 heterocycles. The molecule has 116 valence electrons. The van der Waals surface area contributed by atoms with Crippen molar-refractivity contribution in [1.82, 2.24) is 15.2 Å². The second kappa shape index (κ2) is 5.81. The highest BCUT2D eigenvalue weighted by Crippen LogP contribution is 2.22. The monoisotopic (exact) mass is 300 g/mol. The Morgan fingerprint density at radius 2 is 2.18 bits per heavy atom. The standard InChI is InChI=1S/C16H20N4O2/c1-2-18-15(21)14-8-11(17)9-20(14)16(22)13-7-10-5-3-4-6-12(10)19-13/h3-7,11,14,19H,2,8-9,17H2,1H3,(H,18,21)/t11-,14+/m1/s1. The number of hydrogen-bond donors (Lipinski definition) is 3. The molecule has 2 atom stereocenters. The van der Waals surface area contributed by atoms with E-state index in [-0.39, 0.29) is 17.9 Å². The van der Waals surface area contributed by atoms with Gasteiger partial charge in [0.05, 0.1) is 0 Å². The third-order valence-corrected chi connectivity index (χ3v) is 4.01. The predicted molar refractivity (Wildman–Crippen MR) is 84.4 cm³/mol. The second-order valence-electron chi connectivity index (χ2n) is 5.63. The number of fused-ring (bicyclic) bond motifs is 1. The van der Waals surface area contributed by atoms with E-state index < -0.39 is 6.04 Å². The van der Waals surface area contributed by atoms with Gasteiger partial charge in [0.2, 0.25) is 5.91 Å². The molecular weight excluding hydrogens is 280 g/mol. The number of benzene rings is 1. The first kappa shape index (κ1) is 14.6. The number of nitrogens with one attached hydrogen (secondary N) is 2. The highest BCUT2D eigenvalue weighted by molar-refractivity contribution is 6.00. The van der Waals surface area contributed by atoms with E-state index in [0.717, 1.165) is 10.9 Å². The molecule has 1 aliphatic rings. The summed E-state index contributed by atoms with van der Waals surface area (Å²) >= 11 is 0. The van der Waals surface area contributed by atoms with Gasteiger partial charge in [-0.05, 0) is 25.5 Å². The summed E-state index contributed by atoms with van der Waals surface area (Å²) < 4.78 is 0. The number of rotatable bonds is 3. The first-order valence-corrected chi connectivity index (χ1v) is 7.52. The summed E-state index contributed by atoms with van der Waals surface area (Å²) in [5.74, 6) is -0.319. The van der Waals surface area contributed by atoms with Gasteiger partial charge < -0.3 is 20.9 Å². The van der Waals surface area contributed by atoms with Crippen LogP contribution in [0.15, 0.2) is 30.3 Å². The van der Waals surface area contributed by atoms with Crippen LogP contribution in [0.2, 0.25) is 0 Å². The van der Waals surface area contributed by atoms with Crippen LogP contribution < -0.4 is 11.1 Å². The lowest BCUT2D eigenvalue weighted by molar-refractivity contribution is -0.124. The minimum absolute atomic E-state index is 0.139. The summed E-state index contributed by atoms with van der Waals surface area (Å²) in [6.45, 7) is 2.80. The Bertz CT molecular complexity index is 676. The number of nitrogens with two attached hydrogens (primary N) is 1. The Morgan fingerprint density at radius 1 is 1.41 bits per heavy atom. The van der Waals surface area contributed by atoms with Crippen molar-refractivity contribution in [3.8, 4) is 0 Å². The molecule has 0 spiro atoms. The van der Waals surface area contributed by atoms with Gasteiger partial charge in [-0.2, -0.15) is 0 Å². The lowest BCUT2D eigenvalue weighted by Gasteiger charge is -2.23. The van der Waals surface area contributed by atoms with Crippen molar-refractivity contribution in [2.45, 2.75) is 25.4 Å². The maximum absolute atomic E-state index is 12.7.